The lowest BCUT2D eigenvalue weighted by molar-refractivity contribution is -0.143. The van der Waals surface area contributed by atoms with Gasteiger partial charge in [0.15, 0.2) is 0 Å². The molecule has 1 N–H and O–H groups in total. The number of rotatable bonds is 1. The molecule has 1 heterocycles. The molecule has 100 valence electrons. The molecule has 1 aromatic heterocycles. The van der Waals surface area contributed by atoms with Gasteiger partial charge in [0.25, 0.3) is 5.56 Å². The number of phenols is 1. The minimum Gasteiger partial charge on any atom is -0.507 e. The molecule has 0 unspecified atom stereocenters. The van der Waals surface area contributed by atoms with Crippen LogP contribution in [0.4, 0.5) is 13.2 Å². The Hall–Kier alpha value is -2.24. The van der Waals surface area contributed by atoms with Gasteiger partial charge in [0.2, 0.25) is 0 Å². The summed E-state index contributed by atoms with van der Waals surface area (Å²) >= 11 is 0. The zero-order valence-corrected chi connectivity index (χ0v) is 9.90. The van der Waals surface area contributed by atoms with Crippen LogP contribution in [-0.2, 0) is 13.2 Å². The van der Waals surface area contributed by atoms with E-state index >= 15 is 0 Å². The van der Waals surface area contributed by atoms with Gasteiger partial charge < -0.3 is 9.67 Å². The van der Waals surface area contributed by atoms with Crippen LogP contribution in [-0.4, -0.2) is 9.67 Å². The van der Waals surface area contributed by atoms with E-state index in [2.05, 4.69) is 0 Å². The van der Waals surface area contributed by atoms with Gasteiger partial charge in [0, 0.05) is 12.6 Å². The van der Waals surface area contributed by atoms with Gasteiger partial charge in [-0.25, -0.2) is 0 Å². The van der Waals surface area contributed by atoms with E-state index in [0.29, 0.717) is 4.57 Å². The number of hydrogen-bond acceptors (Lipinski definition) is 2. The normalized spacial score (nSPS) is 11.6. The Morgan fingerprint density at radius 1 is 1.05 bits per heavy atom. The van der Waals surface area contributed by atoms with E-state index in [1.807, 2.05) is 0 Å². The van der Waals surface area contributed by atoms with Crippen LogP contribution in [0.25, 0.3) is 11.1 Å². The summed E-state index contributed by atoms with van der Waals surface area (Å²) in [4.78, 5) is 11.9. The fraction of sp³-hybridized carbons (Fsp3) is 0.154. The monoisotopic (exact) mass is 269 g/mol. The third kappa shape index (κ3) is 2.33. The fourth-order valence-electron chi connectivity index (χ4n) is 1.83. The molecule has 0 saturated carbocycles. The van der Waals surface area contributed by atoms with Crippen LogP contribution in [0, 0.1) is 0 Å². The van der Waals surface area contributed by atoms with Gasteiger partial charge in [-0.05, 0) is 18.2 Å². The average Bonchev–Trinajstić information content (AvgIpc) is 2.32. The summed E-state index contributed by atoms with van der Waals surface area (Å²) in [7, 11) is 1.05. The molecule has 0 spiro atoms. The molecule has 0 amide bonds. The van der Waals surface area contributed by atoms with Crippen molar-refractivity contribution in [2.75, 3.05) is 0 Å². The highest BCUT2D eigenvalue weighted by atomic mass is 19.4. The number of hydrogen-bond donors (Lipinski definition) is 1. The number of aromatic nitrogens is 1. The molecule has 6 heteroatoms. The summed E-state index contributed by atoms with van der Waals surface area (Å²) in [5.41, 5.74) is -1.61. The van der Waals surface area contributed by atoms with Gasteiger partial charge in [-0.2, -0.15) is 13.2 Å². The van der Waals surface area contributed by atoms with E-state index in [1.54, 1.807) is 12.1 Å². The number of para-hydroxylation sites is 1. The van der Waals surface area contributed by atoms with E-state index in [-0.39, 0.29) is 16.9 Å². The number of aromatic hydroxyl groups is 1. The number of halogens is 3. The van der Waals surface area contributed by atoms with Gasteiger partial charge in [-0.1, -0.05) is 18.2 Å². The van der Waals surface area contributed by atoms with E-state index in [0.717, 1.165) is 19.2 Å². The topological polar surface area (TPSA) is 42.2 Å². The van der Waals surface area contributed by atoms with E-state index in [9.17, 15) is 23.1 Å². The number of pyridine rings is 1. The summed E-state index contributed by atoms with van der Waals surface area (Å²) in [6.07, 6.45) is -4.59. The van der Waals surface area contributed by atoms with Crippen LogP contribution in [0.1, 0.15) is 5.69 Å². The van der Waals surface area contributed by atoms with Gasteiger partial charge in [-0.15, -0.1) is 0 Å². The number of nitrogens with zero attached hydrogens (tertiary/aromatic N) is 1. The second-order valence-electron chi connectivity index (χ2n) is 4.01. The van der Waals surface area contributed by atoms with Crippen molar-refractivity contribution in [2.24, 2.45) is 7.05 Å². The molecule has 3 nitrogen and oxygen atoms in total. The van der Waals surface area contributed by atoms with Crippen LogP contribution in [0.5, 0.6) is 5.75 Å². The molecular formula is C13H10F3NO2. The first-order chi connectivity index (χ1) is 8.82. The van der Waals surface area contributed by atoms with Crippen molar-refractivity contribution >= 4 is 0 Å². The zero-order valence-electron chi connectivity index (χ0n) is 9.90. The largest absolute Gasteiger partial charge is 0.507 e. The SMILES string of the molecule is Cn1c(C(F)(F)F)ccc(-c2ccccc2O)c1=O. The third-order valence-electron chi connectivity index (χ3n) is 2.79. The Kier molecular flexibility index (Phi) is 3.09. The Bertz CT molecular complexity index is 674. The standard InChI is InChI=1S/C13H10F3NO2/c1-17-11(13(14,15)16)7-6-9(12(17)19)8-4-2-3-5-10(8)18/h2-7,18H,1H3. The Morgan fingerprint density at radius 2 is 1.68 bits per heavy atom. The molecule has 1 aromatic carbocycles. The summed E-state index contributed by atoms with van der Waals surface area (Å²) < 4.78 is 38.4. The predicted octanol–water partition coefficient (Wildman–Crippen LogP) is 2.78. The van der Waals surface area contributed by atoms with Crippen LogP contribution >= 0.6 is 0 Å². The van der Waals surface area contributed by atoms with Crippen molar-refractivity contribution in [3.63, 3.8) is 0 Å². The molecule has 0 aliphatic carbocycles. The number of phenolic OH excluding ortho intramolecular Hbond substituents is 1. The van der Waals surface area contributed by atoms with Crippen LogP contribution in [0.2, 0.25) is 0 Å². The van der Waals surface area contributed by atoms with E-state index in [1.165, 1.54) is 12.1 Å². The Balaban J connectivity index is 2.67. The van der Waals surface area contributed by atoms with Gasteiger partial charge in [0.1, 0.15) is 11.4 Å². The zero-order chi connectivity index (χ0) is 14.2. The highest BCUT2D eigenvalue weighted by Crippen LogP contribution is 2.30. The second kappa shape index (κ2) is 4.46. The predicted molar refractivity (Wildman–Crippen MR) is 63.8 cm³/mol. The molecule has 0 atom stereocenters. The molecule has 19 heavy (non-hydrogen) atoms. The molecule has 0 aliphatic heterocycles. The van der Waals surface area contributed by atoms with Crippen molar-refractivity contribution in [1.29, 1.82) is 0 Å². The van der Waals surface area contributed by atoms with Crippen molar-refractivity contribution in [1.82, 2.24) is 4.57 Å². The summed E-state index contributed by atoms with van der Waals surface area (Å²) in [6.45, 7) is 0. The smallest absolute Gasteiger partial charge is 0.431 e. The van der Waals surface area contributed by atoms with Crippen molar-refractivity contribution in [2.45, 2.75) is 6.18 Å². The van der Waals surface area contributed by atoms with Crippen LogP contribution in [0.3, 0.4) is 0 Å². The van der Waals surface area contributed by atoms with Crippen molar-refractivity contribution < 1.29 is 18.3 Å². The first-order valence-corrected chi connectivity index (χ1v) is 5.38. The van der Waals surface area contributed by atoms with Gasteiger partial charge in [-0.3, -0.25) is 4.79 Å². The maximum Gasteiger partial charge on any atom is 0.431 e. The highest BCUT2D eigenvalue weighted by Gasteiger charge is 2.34. The van der Waals surface area contributed by atoms with Crippen LogP contribution in [0.15, 0.2) is 41.2 Å². The molecule has 0 bridgehead atoms. The molecule has 2 aromatic rings. The van der Waals surface area contributed by atoms with E-state index < -0.39 is 17.4 Å². The van der Waals surface area contributed by atoms with Crippen molar-refractivity contribution in [3.8, 4) is 16.9 Å². The molecule has 0 aliphatic rings. The maximum atomic E-state index is 12.6. The minimum absolute atomic E-state index is 0.0219. The average molecular weight is 269 g/mol. The summed E-state index contributed by atoms with van der Waals surface area (Å²) in [6, 6.07) is 7.88. The van der Waals surface area contributed by atoms with Crippen LogP contribution < -0.4 is 5.56 Å². The van der Waals surface area contributed by atoms with Crippen molar-refractivity contribution in [3.05, 3.63) is 52.4 Å². The molecular weight excluding hydrogens is 259 g/mol. The lowest BCUT2D eigenvalue weighted by Crippen LogP contribution is -2.26. The van der Waals surface area contributed by atoms with Gasteiger partial charge >= 0.3 is 6.18 Å². The maximum absolute atomic E-state index is 12.6. The first-order valence-electron chi connectivity index (χ1n) is 5.38. The molecule has 0 saturated heterocycles. The van der Waals surface area contributed by atoms with E-state index in [4.69, 9.17) is 0 Å². The van der Waals surface area contributed by atoms with Gasteiger partial charge in [0.05, 0.1) is 5.56 Å². The molecule has 0 radical (unpaired) electrons. The second-order valence-corrected chi connectivity index (χ2v) is 4.01. The summed E-state index contributed by atoms with van der Waals surface area (Å²) in [5, 5.41) is 9.64. The fourth-order valence-corrected chi connectivity index (χ4v) is 1.83. The Morgan fingerprint density at radius 3 is 2.26 bits per heavy atom. The minimum atomic E-state index is -4.59. The first kappa shape index (κ1) is 13.2. The Labute approximate surface area is 106 Å². The summed E-state index contributed by atoms with van der Waals surface area (Å²) in [5.74, 6) is -0.153. The highest BCUT2D eigenvalue weighted by molar-refractivity contribution is 5.69. The number of benzene rings is 1. The number of alkyl halides is 3. The molecule has 0 fully saturated rings. The lowest BCUT2D eigenvalue weighted by atomic mass is 10.1. The third-order valence-corrected chi connectivity index (χ3v) is 2.79. The quantitative estimate of drug-likeness (QED) is 0.865. The molecule has 2 rings (SSSR count). The lowest BCUT2D eigenvalue weighted by Gasteiger charge is -2.13.